The number of carbonyl (C=O) groups excluding carboxylic acids is 2. The minimum absolute atomic E-state index is 0.00688. The van der Waals surface area contributed by atoms with Gasteiger partial charge in [0.15, 0.2) is 0 Å². The fourth-order valence-electron chi connectivity index (χ4n) is 2.87. The van der Waals surface area contributed by atoms with Gasteiger partial charge in [-0.25, -0.2) is 4.39 Å². The van der Waals surface area contributed by atoms with E-state index in [-0.39, 0.29) is 25.3 Å². The van der Waals surface area contributed by atoms with Crippen molar-refractivity contribution in [3.63, 3.8) is 0 Å². The maximum Gasteiger partial charge on any atom is 0.416 e. The largest absolute Gasteiger partial charge is 0.416 e. The first-order chi connectivity index (χ1) is 12.6. The molecular formula is C19H16F4N2O2. The summed E-state index contributed by atoms with van der Waals surface area (Å²) in [5, 5.41) is 0. The monoisotopic (exact) mass is 380 g/mol. The molecule has 1 saturated heterocycles. The molecule has 27 heavy (non-hydrogen) atoms. The van der Waals surface area contributed by atoms with Crippen LogP contribution in [0.5, 0.6) is 0 Å². The van der Waals surface area contributed by atoms with Crippen molar-refractivity contribution in [3.05, 3.63) is 65.0 Å². The summed E-state index contributed by atoms with van der Waals surface area (Å²) in [5.41, 5.74) is 0.413. The number of hydrogen-bond acceptors (Lipinski definition) is 2. The van der Waals surface area contributed by atoms with Gasteiger partial charge in [0.1, 0.15) is 18.9 Å². The van der Waals surface area contributed by atoms with Crippen molar-refractivity contribution in [2.45, 2.75) is 19.6 Å². The van der Waals surface area contributed by atoms with Crippen molar-refractivity contribution in [3.8, 4) is 0 Å². The molecule has 0 spiro atoms. The minimum Gasteiger partial charge on any atom is -0.327 e. The smallest absolute Gasteiger partial charge is 0.327 e. The topological polar surface area (TPSA) is 40.6 Å². The van der Waals surface area contributed by atoms with Crippen LogP contribution in [0, 0.1) is 12.7 Å². The van der Waals surface area contributed by atoms with E-state index in [0.29, 0.717) is 11.1 Å². The predicted octanol–water partition coefficient (Wildman–Crippen LogP) is 3.53. The first-order valence-electron chi connectivity index (χ1n) is 8.15. The second kappa shape index (κ2) is 7.02. The van der Waals surface area contributed by atoms with Crippen molar-refractivity contribution < 1.29 is 27.2 Å². The van der Waals surface area contributed by atoms with Gasteiger partial charge in [-0.3, -0.25) is 14.5 Å². The number of amides is 2. The lowest BCUT2D eigenvalue weighted by Crippen LogP contribution is -2.53. The van der Waals surface area contributed by atoms with E-state index in [0.717, 1.165) is 17.0 Å². The van der Waals surface area contributed by atoms with Crippen LogP contribution in [0.1, 0.15) is 16.7 Å². The molecule has 8 heteroatoms. The third-order valence-electron chi connectivity index (χ3n) is 4.32. The van der Waals surface area contributed by atoms with E-state index >= 15 is 0 Å². The molecule has 3 rings (SSSR count). The Labute approximate surface area is 153 Å². The molecule has 0 unspecified atom stereocenters. The lowest BCUT2D eigenvalue weighted by molar-refractivity contribution is -0.139. The van der Waals surface area contributed by atoms with Crippen molar-refractivity contribution in [1.29, 1.82) is 0 Å². The van der Waals surface area contributed by atoms with Crippen molar-refractivity contribution in [1.82, 2.24) is 4.90 Å². The molecule has 0 aromatic heterocycles. The van der Waals surface area contributed by atoms with Crippen molar-refractivity contribution >= 4 is 17.5 Å². The lowest BCUT2D eigenvalue weighted by Gasteiger charge is -2.34. The van der Waals surface area contributed by atoms with Crippen LogP contribution in [0.4, 0.5) is 23.2 Å². The Morgan fingerprint density at radius 1 is 0.963 bits per heavy atom. The van der Waals surface area contributed by atoms with Crippen LogP contribution in [-0.2, 0) is 22.3 Å². The fraction of sp³-hybridized carbons (Fsp3) is 0.263. The van der Waals surface area contributed by atoms with Gasteiger partial charge in [0.2, 0.25) is 11.8 Å². The minimum atomic E-state index is -4.44. The van der Waals surface area contributed by atoms with Gasteiger partial charge >= 0.3 is 6.18 Å². The molecule has 0 atom stereocenters. The van der Waals surface area contributed by atoms with Crippen LogP contribution in [-0.4, -0.2) is 29.8 Å². The first-order valence-corrected chi connectivity index (χ1v) is 8.15. The molecule has 0 N–H and O–H groups in total. The summed E-state index contributed by atoms with van der Waals surface area (Å²) < 4.78 is 51.9. The highest BCUT2D eigenvalue weighted by Gasteiger charge is 2.33. The van der Waals surface area contributed by atoms with Gasteiger partial charge in [-0.15, -0.1) is 0 Å². The zero-order chi connectivity index (χ0) is 19.8. The number of piperazine rings is 1. The molecule has 1 fully saturated rings. The molecule has 2 aromatic rings. The van der Waals surface area contributed by atoms with Crippen LogP contribution >= 0.6 is 0 Å². The average molecular weight is 380 g/mol. The molecule has 1 aliphatic heterocycles. The quantitative estimate of drug-likeness (QED) is 0.765. The Kier molecular flexibility index (Phi) is 4.91. The molecule has 0 radical (unpaired) electrons. The maximum atomic E-state index is 14.1. The molecule has 4 nitrogen and oxygen atoms in total. The van der Waals surface area contributed by atoms with E-state index in [9.17, 15) is 27.2 Å². The summed E-state index contributed by atoms with van der Waals surface area (Å²) in [7, 11) is 0. The molecular weight excluding hydrogens is 364 g/mol. The zero-order valence-electron chi connectivity index (χ0n) is 14.4. The third-order valence-corrected chi connectivity index (χ3v) is 4.32. The molecule has 2 amide bonds. The van der Waals surface area contributed by atoms with Crippen LogP contribution in [0.2, 0.25) is 0 Å². The number of hydrogen-bond donors (Lipinski definition) is 0. The van der Waals surface area contributed by atoms with E-state index in [2.05, 4.69) is 0 Å². The second-order valence-corrected chi connectivity index (χ2v) is 6.38. The predicted molar refractivity (Wildman–Crippen MR) is 90.4 cm³/mol. The van der Waals surface area contributed by atoms with Crippen LogP contribution < -0.4 is 4.90 Å². The average Bonchev–Trinajstić information content (AvgIpc) is 2.58. The van der Waals surface area contributed by atoms with Gasteiger partial charge in [-0.05, 0) is 42.3 Å². The fourth-order valence-corrected chi connectivity index (χ4v) is 2.87. The lowest BCUT2D eigenvalue weighted by atomic mass is 10.1. The summed E-state index contributed by atoms with van der Waals surface area (Å²) in [6.45, 7) is 1.13. The molecule has 0 saturated carbocycles. The Morgan fingerprint density at radius 2 is 1.63 bits per heavy atom. The van der Waals surface area contributed by atoms with E-state index in [4.69, 9.17) is 0 Å². The molecule has 2 aromatic carbocycles. The summed E-state index contributed by atoms with van der Waals surface area (Å²) in [4.78, 5) is 27.1. The number of aryl methyl sites for hydroxylation is 1. The molecule has 1 aliphatic rings. The highest BCUT2D eigenvalue weighted by atomic mass is 19.4. The van der Waals surface area contributed by atoms with Gasteiger partial charge in [0.05, 0.1) is 11.3 Å². The Bertz CT molecular complexity index is 878. The Morgan fingerprint density at radius 3 is 2.22 bits per heavy atom. The SMILES string of the molecule is Cc1ccc(N2CC(=O)N(Cc3ccc(C(F)(F)F)cc3)CC2=O)c(F)c1. The number of rotatable bonds is 3. The number of halogens is 4. The Hall–Kier alpha value is -2.90. The molecule has 0 aliphatic carbocycles. The summed E-state index contributed by atoms with van der Waals surface area (Å²) in [6, 6.07) is 8.77. The molecule has 0 bridgehead atoms. The summed E-state index contributed by atoms with van der Waals surface area (Å²) in [6.07, 6.45) is -4.44. The third kappa shape index (κ3) is 4.10. The van der Waals surface area contributed by atoms with Crippen LogP contribution in [0.25, 0.3) is 0 Å². The highest BCUT2D eigenvalue weighted by molar-refractivity contribution is 6.04. The molecule has 142 valence electrons. The highest BCUT2D eigenvalue weighted by Crippen LogP contribution is 2.29. The van der Waals surface area contributed by atoms with E-state index in [1.165, 1.54) is 29.2 Å². The normalized spacial score (nSPS) is 15.4. The Balaban J connectivity index is 1.72. The van der Waals surface area contributed by atoms with Crippen molar-refractivity contribution in [2.24, 2.45) is 0 Å². The van der Waals surface area contributed by atoms with Gasteiger partial charge < -0.3 is 4.90 Å². The zero-order valence-corrected chi connectivity index (χ0v) is 14.4. The number of benzene rings is 2. The standard InChI is InChI=1S/C19H16F4N2O2/c1-12-2-7-16(15(20)8-12)25-11-17(26)24(10-18(25)27)9-13-3-5-14(6-4-13)19(21,22)23/h2-8H,9-11H2,1H3. The summed E-state index contributed by atoms with van der Waals surface area (Å²) in [5.74, 6) is -1.45. The van der Waals surface area contributed by atoms with E-state index in [1.54, 1.807) is 13.0 Å². The van der Waals surface area contributed by atoms with Crippen molar-refractivity contribution in [2.75, 3.05) is 18.0 Å². The number of nitrogens with zero attached hydrogens (tertiary/aromatic N) is 2. The second-order valence-electron chi connectivity index (χ2n) is 6.38. The first kappa shape index (κ1) is 18.9. The van der Waals surface area contributed by atoms with Gasteiger partial charge in [0.25, 0.3) is 0 Å². The van der Waals surface area contributed by atoms with Crippen LogP contribution in [0.15, 0.2) is 42.5 Å². The number of carbonyl (C=O) groups is 2. The maximum absolute atomic E-state index is 14.1. The van der Waals surface area contributed by atoms with Crippen LogP contribution in [0.3, 0.4) is 0 Å². The summed E-state index contributed by atoms with van der Waals surface area (Å²) >= 11 is 0. The van der Waals surface area contributed by atoms with E-state index < -0.39 is 29.4 Å². The number of alkyl halides is 3. The van der Waals surface area contributed by atoms with Gasteiger partial charge in [0, 0.05) is 6.54 Å². The number of anilines is 1. The molecule has 1 heterocycles. The van der Waals surface area contributed by atoms with E-state index in [1.807, 2.05) is 0 Å². The van der Waals surface area contributed by atoms with Gasteiger partial charge in [-0.1, -0.05) is 18.2 Å². The van der Waals surface area contributed by atoms with Gasteiger partial charge in [-0.2, -0.15) is 13.2 Å².